The third-order valence-corrected chi connectivity index (χ3v) is 18.4. The van der Waals surface area contributed by atoms with Crippen molar-refractivity contribution < 1.29 is 63.3 Å². The fourth-order valence-corrected chi connectivity index (χ4v) is 13.8. The molecule has 31 nitrogen and oxygen atoms in total. The number of hydrogen-bond donors (Lipinski definition) is 14. The number of β-amino-alcohol motifs (C(OH)–C–C–N with tert-alkyl or cyclic N) is 1. The number of likely N-dealkylation sites (tertiary alicyclic amines) is 3. The van der Waals surface area contributed by atoms with Crippen molar-refractivity contribution in [1.82, 2.24) is 46.2 Å². The number of aliphatic imine (C=N–C) groups is 3. The number of guanidine groups is 3. The molecular formula is C61H84N18O13S. The molecule has 93 heavy (non-hydrogen) atoms. The molecular weight excluding hydrogens is 1220 g/mol. The maximum Gasteiger partial charge on any atom is 0.326 e. The third kappa shape index (κ3) is 18.0. The number of aliphatic hydroxyl groups excluding tert-OH is 2. The number of carboxylic acid groups (broad SMARTS) is 1. The molecule has 0 radical (unpaired) electrons. The van der Waals surface area contributed by atoms with Crippen LogP contribution in [0.1, 0.15) is 103 Å². The van der Waals surface area contributed by atoms with Crippen molar-refractivity contribution in [2.24, 2.45) is 55.3 Å². The van der Waals surface area contributed by atoms with E-state index in [9.17, 15) is 58.5 Å². The molecule has 0 bridgehead atoms. The number of benzene rings is 2. The van der Waals surface area contributed by atoms with Gasteiger partial charge in [0.15, 0.2) is 17.9 Å². The minimum atomic E-state index is -1.67. The van der Waals surface area contributed by atoms with E-state index in [1.807, 2.05) is 6.07 Å². The molecule has 0 spiro atoms. The lowest BCUT2D eigenvalue weighted by atomic mass is 9.84. The molecule has 0 unspecified atom stereocenters. The summed E-state index contributed by atoms with van der Waals surface area (Å²) in [6, 6.07) is 5.94. The molecule has 4 fully saturated rings. The Bertz CT molecular complexity index is 3300. The van der Waals surface area contributed by atoms with Crippen molar-refractivity contribution in [3.8, 4) is 0 Å². The highest BCUT2D eigenvalue weighted by molar-refractivity contribution is 7.09. The number of fused-ring (bicyclic) bond motifs is 2. The van der Waals surface area contributed by atoms with Crippen LogP contribution in [0.3, 0.4) is 0 Å². The van der Waals surface area contributed by atoms with E-state index in [2.05, 4.69) is 41.6 Å². The standard InChI is InChI=1S/C61H84N18O13S/c62-59(63)68-21-5-13-40(73-50(83)33-17-19-37(20-18-33)71-61(66)67)54(87)76-23-7-16-45(76)56(89)78-31-38(81)27-46(78)52(85)70-29-49(82)72-42(28-39-12-8-24-93-39)51(84)75-43(32-80)55(88)77-30-36-11-2-1-9-34(36)25-48(77)57(90)79-44-15-4-3-10-35(44)26-47(79)53(86)74-41(58(91)92)14-6-22-69-60(64)65/h1-2,8-9,11-12,17-20,24,35,38,40-48,80-81H,3-7,10,13-16,21-23,25-32H2,(H,70,85)(H,72,82)(H,73,83)(H,74,86)(H,75,84)(H,91,92)(H4,62,63,68)(H4,64,65,69)(H4,66,67,71)/t35-,38+,40-,41-,42-,43-,44-,45-,46-,47+,48+/m0/s1. The minimum Gasteiger partial charge on any atom is -0.480 e. The highest BCUT2D eigenvalue weighted by Crippen LogP contribution is 2.41. The van der Waals surface area contributed by atoms with Gasteiger partial charge in [-0.3, -0.25) is 53.1 Å². The van der Waals surface area contributed by atoms with Gasteiger partial charge in [-0.15, -0.1) is 11.3 Å². The fraction of sp³-hybridized carbons (Fsp3) is 0.525. The Morgan fingerprint density at radius 3 is 1.97 bits per heavy atom. The molecule has 1 saturated carbocycles. The van der Waals surface area contributed by atoms with Gasteiger partial charge in [0.1, 0.15) is 48.3 Å². The second-order valence-electron chi connectivity index (χ2n) is 23.9. The molecule has 5 aliphatic rings. The topological polar surface area (TPSA) is 498 Å². The first-order valence-corrected chi connectivity index (χ1v) is 32.0. The number of rotatable bonds is 27. The van der Waals surface area contributed by atoms with E-state index in [1.54, 1.807) is 35.7 Å². The van der Waals surface area contributed by atoms with Crippen LogP contribution in [0.2, 0.25) is 0 Å². The number of carbonyl (C=O) groups is 10. The maximum atomic E-state index is 15.4. The average Bonchev–Trinajstić information content (AvgIpc) is 1.70. The summed E-state index contributed by atoms with van der Waals surface area (Å²) in [7, 11) is 0. The third-order valence-electron chi connectivity index (χ3n) is 17.5. The second-order valence-corrected chi connectivity index (χ2v) is 25.0. The van der Waals surface area contributed by atoms with Gasteiger partial charge in [-0.2, -0.15) is 0 Å². The second kappa shape index (κ2) is 32.2. The summed E-state index contributed by atoms with van der Waals surface area (Å²) in [6.45, 7) is -1.67. The number of nitrogens with zero attached hydrogens (tertiary/aromatic N) is 7. The Morgan fingerprint density at radius 1 is 0.634 bits per heavy atom. The van der Waals surface area contributed by atoms with Gasteiger partial charge in [-0.05, 0) is 111 Å². The van der Waals surface area contributed by atoms with Gasteiger partial charge in [-0.1, -0.05) is 43.2 Å². The zero-order chi connectivity index (χ0) is 67.0. The molecule has 1 aromatic heterocycles. The average molecular weight is 1310 g/mol. The van der Waals surface area contributed by atoms with E-state index in [4.69, 9.17) is 34.4 Å². The quantitative estimate of drug-likeness (QED) is 0.0203. The number of nitrogens with one attached hydrogen (secondary N) is 5. The van der Waals surface area contributed by atoms with Crippen molar-refractivity contribution in [2.45, 2.75) is 157 Å². The van der Waals surface area contributed by atoms with Gasteiger partial charge in [-0.25, -0.2) is 9.79 Å². The minimum absolute atomic E-state index is 0.0000574. The van der Waals surface area contributed by atoms with Gasteiger partial charge >= 0.3 is 5.97 Å². The smallest absolute Gasteiger partial charge is 0.326 e. The van der Waals surface area contributed by atoms with E-state index in [0.717, 1.165) is 29.7 Å². The fourth-order valence-electron chi connectivity index (χ4n) is 13.0. The predicted octanol–water partition coefficient (Wildman–Crippen LogP) is -3.19. The normalized spacial score (nSPS) is 21.9. The highest BCUT2D eigenvalue weighted by Gasteiger charge is 2.52. The molecule has 1 aliphatic carbocycles. The van der Waals surface area contributed by atoms with Crippen LogP contribution in [-0.2, 0) is 62.5 Å². The van der Waals surface area contributed by atoms with E-state index < -0.39 is 133 Å². The lowest BCUT2D eigenvalue weighted by Crippen LogP contribution is -2.63. The Balaban J connectivity index is 0.933. The molecule has 8 rings (SSSR count). The Labute approximate surface area is 540 Å². The lowest BCUT2D eigenvalue weighted by Gasteiger charge is -2.42. The van der Waals surface area contributed by atoms with Crippen molar-refractivity contribution >= 4 is 94.0 Å². The van der Waals surface area contributed by atoms with Crippen LogP contribution in [0.15, 0.2) is 81.0 Å². The number of hydrogen-bond acceptors (Lipinski definition) is 16. The van der Waals surface area contributed by atoms with Gasteiger partial charge in [0.05, 0.1) is 24.9 Å². The van der Waals surface area contributed by atoms with Crippen molar-refractivity contribution in [3.05, 3.63) is 87.6 Å². The van der Waals surface area contributed by atoms with Crippen LogP contribution < -0.4 is 61.0 Å². The largest absolute Gasteiger partial charge is 0.480 e. The molecule has 3 aromatic rings. The van der Waals surface area contributed by atoms with E-state index in [0.29, 0.717) is 29.0 Å². The van der Waals surface area contributed by atoms with Gasteiger partial charge in [0.2, 0.25) is 47.3 Å². The van der Waals surface area contributed by atoms with Gasteiger partial charge in [0.25, 0.3) is 5.91 Å². The number of aliphatic hydroxyl groups is 2. The number of carboxylic acids is 1. The number of thiophene rings is 1. The SMILES string of the molecule is NC(N)=NCCC[C@H](NC(=O)[C@H]1C[C@@H]2CCCC[C@@H]2N1C(=O)[C@H]1Cc2ccccc2CN1C(=O)[C@H](CO)NC(=O)[C@H](Cc1cccs1)NC(=O)CNC(=O)[C@@H]1C[C@@H](O)CN1C(=O)[C@@H]1CCCN1C(=O)[C@H](CCCN=C(N)N)NC(=O)c1ccc(N=C(N)N)cc1)C(=O)O. The van der Waals surface area contributed by atoms with Crippen LogP contribution >= 0.6 is 11.3 Å². The van der Waals surface area contributed by atoms with E-state index in [1.165, 1.54) is 50.3 Å². The number of nitrogens with two attached hydrogens (primary N) is 6. The summed E-state index contributed by atoms with van der Waals surface area (Å²) >= 11 is 1.27. The molecule has 4 aliphatic heterocycles. The molecule has 20 N–H and O–H groups in total. The molecule has 11 atom stereocenters. The summed E-state index contributed by atoms with van der Waals surface area (Å²) in [4.78, 5) is 160. The molecule has 9 amide bonds. The predicted molar refractivity (Wildman–Crippen MR) is 341 cm³/mol. The Kier molecular flexibility index (Phi) is 24.1. The van der Waals surface area contributed by atoms with Crippen LogP contribution in [-0.4, -0.2) is 212 Å². The van der Waals surface area contributed by atoms with Crippen molar-refractivity contribution in [1.29, 1.82) is 0 Å². The maximum absolute atomic E-state index is 15.4. The number of aliphatic carboxylic acids is 1. The molecule has 32 heteroatoms. The van der Waals surface area contributed by atoms with E-state index >= 15 is 4.79 Å². The summed E-state index contributed by atoms with van der Waals surface area (Å²) in [6.07, 6.45) is 2.88. The van der Waals surface area contributed by atoms with Crippen LogP contribution in [0.4, 0.5) is 5.69 Å². The molecule has 3 saturated heterocycles. The first kappa shape index (κ1) is 69.5. The lowest BCUT2D eigenvalue weighted by molar-refractivity contribution is -0.153. The Morgan fingerprint density at radius 2 is 1.31 bits per heavy atom. The van der Waals surface area contributed by atoms with Crippen molar-refractivity contribution in [3.63, 3.8) is 0 Å². The zero-order valence-electron chi connectivity index (χ0n) is 51.5. The van der Waals surface area contributed by atoms with Crippen LogP contribution in [0.25, 0.3) is 0 Å². The summed E-state index contributed by atoms with van der Waals surface area (Å²) < 4.78 is 0. The summed E-state index contributed by atoms with van der Waals surface area (Å²) in [5, 5.41) is 46.9. The molecule has 5 heterocycles. The number of amides is 9. The number of carbonyl (C=O) groups excluding carboxylic acids is 9. The highest BCUT2D eigenvalue weighted by atomic mass is 32.1. The van der Waals surface area contributed by atoms with Crippen LogP contribution in [0.5, 0.6) is 0 Å². The molecule has 502 valence electrons. The molecule has 2 aromatic carbocycles. The first-order chi connectivity index (χ1) is 44.5. The summed E-state index contributed by atoms with van der Waals surface area (Å²) in [5.41, 5.74) is 34.9. The first-order valence-electron chi connectivity index (χ1n) is 31.1. The monoisotopic (exact) mass is 1310 g/mol. The zero-order valence-corrected chi connectivity index (χ0v) is 52.3. The Hall–Kier alpha value is -9.43. The van der Waals surface area contributed by atoms with Gasteiger partial charge in [0, 0.05) is 68.5 Å². The van der Waals surface area contributed by atoms with Gasteiger partial charge < -0.3 is 95.9 Å². The van der Waals surface area contributed by atoms with E-state index in [-0.39, 0.29) is 120 Å². The van der Waals surface area contributed by atoms with Crippen LogP contribution in [0, 0.1) is 5.92 Å². The van der Waals surface area contributed by atoms with Crippen molar-refractivity contribution in [2.75, 3.05) is 39.3 Å². The summed E-state index contributed by atoms with van der Waals surface area (Å²) in [5.74, 6) is -8.35.